The third-order valence-electron chi connectivity index (χ3n) is 18.6. The molecule has 3 aromatic rings. The van der Waals surface area contributed by atoms with Crippen LogP contribution in [0.15, 0.2) is 91.0 Å². The first kappa shape index (κ1) is 79.0. The van der Waals surface area contributed by atoms with E-state index in [9.17, 15) is 38.7 Å². The lowest BCUT2D eigenvalue weighted by atomic mass is 9.96. The molecule has 0 bridgehead atoms. The summed E-state index contributed by atoms with van der Waals surface area (Å²) in [5.41, 5.74) is 1.88. The van der Waals surface area contributed by atoms with Gasteiger partial charge in [-0.05, 0) is 94.2 Å². The highest BCUT2D eigenvalue weighted by Gasteiger charge is 2.44. The minimum Gasteiger partial charge on any atom is -0.391 e. The van der Waals surface area contributed by atoms with Gasteiger partial charge in [0, 0.05) is 74.6 Å². The Morgan fingerprint density at radius 3 is 1.48 bits per heavy atom. The standard InChI is InChI=1S/C72H106N12O13/c1-43(2)37-55-64(89)75-54(70(95)82(15)57(40-51-31-23-18-24-32-51)63(88)73-46(7)67(92)84-35-27-20-28-36-84)42-59(86)78(11)47(8)62(87)77-61(49(10)85)72(97)79(12)48(9)68(93)80(13)56(38-44(3)4)66(91)76-60(45(5)6)71(96)83(16)58(41-52-33-25-19-26-34-52)65(90)74-53(69(94)81(55)14)39-50-29-21-17-22-30-50/h17-19,21-26,29-34,43-49,53-58,60-61,85H,20,27-28,35-42H2,1-16H3,(H,73,88)(H,74,90)(H,75,89)(H,76,91)(H,77,87)/t46-,47-,48-,49+,53-,54-,55-,56-,57-,58-,60-,61-/m0/s1. The first-order valence-electron chi connectivity index (χ1n) is 33.9. The lowest BCUT2D eigenvalue weighted by molar-refractivity contribution is -0.151. The Bertz CT molecular complexity index is 3200. The van der Waals surface area contributed by atoms with E-state index in [1.165, 1.54) is 72.9 Å². The molecule has 0 unspecified atom stereocenters. The molecule has 25 nitrogen and oxygen atoms in total. The number of hydrogen-bond donors (Lipinski definition) is 6. The summed E-state index contributed by atoms with van der Waals surface area (Å²) in [6, 6.07) is 11.2. The highest BCUT2D eigenvalue weighted by atomic mass is 16.3. The van der Waals surface area contributed by atoms with Crippen LogP contribution in [0.3, 0.4) is 0 Å². The van der Waals surface area contributed by atoms with Gasteiger partial charge in [-0.25, -0.2) is 0 Å². The molecule has 2 fully saturated rings. The van der Waals surface area contributed by atoms with E-state index in [-0.39, 0.29) is 49.8 Å². The van der Waals surface area contributed by atoms with Crippen molar-refractivity contribution in [1.29, 1.82) is 0 Å². The number of aliphatic hydroxyl groups is 1. The Balaban J connectivity index is 1.70. The Hall–Kier alpha value is -8.74. The fourth-order valence-corrected chi connectivity index (χ4v) is 12.1. The van der Waals surface area contributed by atoms with Gasteiger partial charge in [0.25, 0.3) is 0 Å². The SMILES string of the molecule is CC(C)C[C@H]1C(=O)N[C@H](C(=O)N(C)[C@@H](Cc2ccccc2)C(=O)N[C@@H](C)C(=O)N2CCCCC2)CC(=O)N(C)[C@@H](C)C(=O)N[C@@H]([C@@H](C)O)C(=O)N(C)[C@@H](C)C(=O)N(C)[C@@H](CC(C)C)C(=O)N[C@@H](C(C)C)C(=O)N(C)[C@@H](Cc2ccccc2)C(=O)N[C@@H](Cc2ccccc2)C(=O)N1C. The van der Waals surface area contributed by atoms with Gasteiger partial charge in [-0.15, -0.1) is 0 Å². The minimum absolute atomic E-state index is 0.0286. The average molecular weight is 1350 g/mol. The third kappa shape index (κ3) is 21.6. The van der Waals surface area contributed by atoms with Crippen LogP contribution in [0.25, 0.3) is 0 Å². The zero-order valence-corrected chi connectivity index (χ0v) is 59.6. The smallest absolute Gasteiger partial charge is 0.248 e. The van der Waals surface area contributed by atoms with E-state index < -0.39 is 150 Å². The van der Waals surface area contributed by atoms with Crippen molar-refractivity contribution >= 4 is 70.9 Å². The van der Waals surface area contributed by atoms with Crippen LogP contribution in [0.1, 0.15) is 124 Å². The number of nitrogens with zero attached hydrogens (tertiary/aromatic N) is 7. The van der Waals surface area contributed by atoms with Crippen LogP contribution in [-0.2, 0) is 76.8 Å². The first-order valence-corrected chi connectivity index (χ1v) is 33.9. The second-order valence-corrected chi connectivity index (χ2v) is 27.4. The maximum absolute atomic E-state index is 15.6. The molecule has 12 amide bonds. The summed E-state index contributed by atoms with van der Waals surface area (Å²) in [6.07, 6.45) is -0.0416. The molecule has 2 saturated heterocycles. The summed E-state index contributed by atoms with van der Waals surface area (Å²) >= 11 is 0. The van der Waals surface area contributed by atoms with E-state index in [2.05, 4.69) is 26.6 Å². The number of carbonyl (C=O) groups excluding carboxylic acids is 12. The highest BCUT2D eigenvalue weighted by Crippen LogP contribution is 2.22. The summed E-state index contributed by atoms with van der Waals surface area (Å²) in [7, 11) is 8.06. The molecule has 0 saturated carbocycles. The third-order valence-corrected chi connectivity index (χ3v) is 18.6. The fraction of sp³-hybridized carbons (Fsp3) is 0.583. The largest absolute Gasteiger partial charge is 0.391 e. The van der Waals surface area contributed by atoms with Crippen molar-refractivity contribution in [2.45, 2.75) is 200 Å². The molecule has 0 spiro atoms. The number of carbonyl (C=O) groups is 12. The minimum atomic E-state index is -1.82. The Morgan fingerprint density at radius 2 is 0.979 bits per heavy atom. The zero-order chi connectivity index (χ0) is 72.3. The first-order chi connectivity index (χ1) is 45.7. The zero-order valence-electron chi connectivity index (χ0n) is 59.6. The van der Waals surface area contributed by atoms with Crippen LogP contribution in [0.4, 0.5) is 0 Å². The quantitative estimate of drug-likeness (QED) is 0.113. The molecule has 97 heavy (non-hydrogen) atoms. The van der Waals surface area contributed by atoms with Gasteiger partial charge in [-0.1, -0.05) is 133 Å². The second kappa shape index (κ2) is 36.6. The number of amides is 12. The number of nitrogens with one attached hydrogen (secondary N) is 5. The van der Waals surface area contributed by atoms with Crippen molar-refractivity contribution in [2.24, 2.45) is 17.8 Å². The van der Waals surface area contributed by atoms with Gasteiger partial charge in [0.1, 0.15) is 66.5 Å². The molecule has 0 aliphatic carbocycles. The van der Waals surface area contributed by atoms with Crippen LogP contribution < -0.4 is 26.6 Å². The molecule has 0 aromatic heterocycles. The predicted molar refractivity (Wildman–Crippen MR) is 367 cm³/mol. The Kier molecular flexibility index (Phi) is 29.8. The summed E-state index contributed by atoms with van der Waals surface area (Å²) < 4.78 is 0. The average Bonchev–Trinajstić information content (AvgIpc) is 0.885. The summed E-state index contributed by atoms with van der Waals surface area (Å²) in [6.45, 7) is 17.3. The van der Waals surface area contributed by atoms with Crippen LogP contribution in [0.5, 0.6) is 0 Å². The molecule has 2 heterocycles. The van der Waals surface area contributed by atoms with E-state index in [1.54, 1.807) is 117 Å². The predicted octanol–water partition coefficient (Wildman–Crippen LogP) is 2.71. The monoisotopic (exact) mass is 1350 g/mol. The molecular weight excluding hydrogens is 1240 g/mol. The van der Waals surface area contributed by atoms with Gasteiger partial charge in [0.15, 0.2) is 0 Å². The molecule has 6 N–H and O–H groups in total. The molecule has 3 aromatic carbocycles. The molecule has 5 rings (SSSR count). The van der Waals surface area contributed by atoms with E-state index in [4.69, 9.17) is 0 Å². The van der Waals surface area contributed by atoms with E-state index in [1.807, 2.05) is 27.7 Å². The summed E-state index contributed by atoms with van der Waals surface area (Å²) in [4.78, 5) is 187. The molecular formula is C72H106N12O13. The highest BCUT2D eigenvalue weighted by molar-refractivity contribution is 6.01. The van der Waals surface area contributed by atoms with Gasteiger partial charge in [-0.2, -0.15) is 0 Å². The normalized spacial score (nSPS) is 24.2. The number of piperidine rings is 1. The molecule has 25 heteroatoms. The van der Waals surface area contributed by atoms with Gasteiger partial charge in [0.2, 0.25) is 70.9 Å². The number of rotatable bonds is 17. The number of benzene rings is 3. The van der Waals surface area contributed by atoms with Crippen molar-refractivity contribution in [1.82, 2.24) is 60.9 Å². The van der Waals surface area contributed by atoms with Gasteiger partial charge < -0.3 is 66.0 Å². The topological polar surface area (TPSA) is 308 Å². The van der Waals surface area contributed by atoms with Gasteiger partial charge >= 0.3 is 0 Å². The van der Waals surface area contributed by atoms with E-state index in [0.29, 0.717) is 29.8 Å². The maximum atomic E-state index is 15.6. The van der Waals surface area contributed by atoms with Crippen molar-refractivity contribution < 1.29 is 62.6 Å². The maximum Gasteiger partial charge on any atom is 0.248 e. The van der Waals surface area contributed by atoms with Crippen LogP contribution in [0.2, 0.25) is 0 Å². The molecule has 2 aliphatic rings. The fourth-order valence-electron chi connectivity index (χ4n) is 12.1. The van der Waals surface area contributed by atoms with Crippen LogP contribution in [-0.4, -0.2) is 238 Å². The second-order valence-electron chi connectivity index (χ2n) is 27.4. The van der Waals surface area contributed by atoms with Crippen molar-refractivity contribution in [2.75, 3.05) is 55.4 Å². The van der Waals surface area contributed by atoms with Gasteiger partial charge in [0.05, 0.1) is 12.5 Å². The summed E-state index contributed by atoms with van der Waals surface area (Å²) in [5, 5.41) is 25.1. The van der Waals surface area contributed by atoms with Crippen LogP contribution >= 0.6 is 0 Å². The molecule has 2 aliphatic heterocycles. The van der Waals surface area contributed by atoms with E-state index in [0.717, 1.165) is 38.9 Å². The summed E-state index contributed by atoms with van der Waals surface area (Å²) in [5.74, 6) is -10.3. The van der Waals surface area contributed by atoms with E-state index >= 15 is 24.0 Å². The molecule has 0 radical (unpaired) electrons. The van der Waals surface area contributed by atoms with Crippen LogP contribution in [0, 0.1) is 17.8 Å². The van der Waals surface area contributed by atoms with Crippen molar-refractivity contribution in [3.8, 4) is 0 Å². The van der Waals surface area contributed by atoms with Crippen molar-refractivity contribution in [3.63, 3.8) is 0 Å². The van der Waals surface area contributed by atoms with Gasteiger partial charge in [-0.3, -0.25) is 57.5 Å². The Labute approximate surface area is 572 Å². The molecule has 12 atom stereocenters. The lowest BCUT2D eigenvalue weighted by Gasteiger charge is -2.37. The van der Waals surface area contributed by atoms with Crippen molar-refractivity contribution in [3.05, 3.63) is 108 Å². The number of likely N-dealkylation sites (N-methyl/N-ethyl adjacent to an activating group) is 6. The number of aliphatic hydroxyl groups excluding tert-OH is 1. The molecule has 532 valence electrons. The Morgan fingerprint density at radius 1 is 0.526 bits per heavy atom. The lowest BCUT2D eigenvalue weighted by Crippen LogP contribution is -2.63. The number of likely N-dealkylation sites (tertiary alicyclic amines) is 1. The number of hydrogen-bond acceptors (Lipinski definition) is 13.